The highest BCUT2D eigenvalue weighted by Gasteiger charge is 2.44. The van der Waals surface area contributed by atoms with Crippen LogP contribution in [0.1, 0.15) is 46.7 Å². The molecule has 0 radical (unpaired) electrons. The molecule has 5 nitrogen and oxygen atoms in total. The Hall–Kier alpha value is -2.73. The van der Waals surface area contributed by atoms with E-state index in [0.717, 1.165) is 37.9 Å². The first-order chi connectivity index (χ1) is 15.0. The Morgan fingerprint density at radius 2 is 1.74 bits per heavy atom. The summed E-state index contributed by atoms with van der Waals surface area (Å²) in [5, 5.41) is 13.1. The zero-order valence-electron chi connectivity index (χ0n) is 17.8. The molecular weight excluding hydrogens is 395 g/mol. The number of phenols is 1. The second kappa shape index (κ2) is 9.18. The third-order valence-corrected chi connectivity index (χ3v) is 6.72. The Morgan fingerprint density at radius 1 is 1.03 bits per heavy atom. The molecule has 2 aliphatic rings. The van der Waals surface area contributed by atoms with Gasteiger partial charge in [0.25, 0.3) is 0 Å². The van der Waals surface area contributed by atoms with Gasteiger partial charge in [-0.05, 0) is 55.5 Å². The highest BCUT2D eigenvalue weighted by molar-refractivity contribution is 5.99. The Balaban J connectivity index is 1.75. The number of benzene rings is 2. The number of Topliss-reactive ketones (excluding diaryl/α,β-unsaturated/α-hetero) is 1. The predicted octanol–water partition coefficient (Wildman–Crippen LogP) is 3.65. The lowest BCUT2D eigenvalue weighted by Gasteiger charge is -2.41. The van der Waals surface area contributed by atoms with Gasteiger partial charge in [0.1, 0.15) is 11.6 Å². The summed E-state index contributed by atoms with van der Waals surface area (Å²) in [6, 6.07) is 11.2. The topological polar surface area (TPSA) is 69.6 Å². The number of ketones is 1. The van der Waals surface area contributed by atoms with Crippen molar-refractivity contribution in [3.63, 3.8) is 0 Å². The molecule has 0 spiro atoms. The molecule has 2 aromatic rings. The van der Waals surface area contributed by atoms with Gasteiger partial charge in [-0.25, -0.2) is 4.39 Å². The molecule has 2 aliphatic heterocycles. The minimum atomic E-state index is -0.533. The maximum atomic E-state index is 14.5. The largest absolute Gasteiger partial charge is 0.508 e. The van der Waals surface area contributed by atoms with Crippen molar-refractivity contribution in [2.24, 2.45) is 11.8 Å². The number of phenolic OH excluding ortho intramolecular Hbond substituents is 1. The van der Waals surface area contributed by atoms with E-state index < -0.39 is 17.8 Å². The molecule has 2 aromatic carbocycles. The molecule has 2 N–H and O–H groups in total. The van der Waals surface area contributed by atoms with E-state index in [1.165, 1.54) is 18.2 Å². The standard InChI is InChI=1S/C25H29FN2O3/c1-16-19(9-6-10-22(16)26)23-20(24(30)17-7-5-8-18(29)13-17)14-27-15-21(23)25(31)28-11-3-2-4-12-28/h5-10,13,20-21,23,27,29H,2-4,11-12,14-15H2,1H3/t20-,21-,23-/m0/s1. The number of rotatable bonds is 4. The van der Waals surface area contributed by atoms with E-state index in [0.29, 0.717) is 24.2 Å². The van der Waals surface area contributed by atoms with E-state index >= 15 is 0 Å². The Kier molecular flexibility index (Phi) is 6.37. The van der Waals surface area contributed by atoms with Crippen LogP contribution in [0.4, 0.5) is 4.39 Å². The summed E-state index contributed by atoms with van der Waals surface area (Å²) in [5.74, 6) is -1.82. The average Bonchev–Trinajstić information content (AvgIpc) is 2.80. The first kappa shape index (κ1) is 21.5. The van der Waals surface area contributed by atoms with E-state index in [9.17, 15) is 19.1 Å². The van der Waals surface area contributed by atoms with Crippen LogP contribution in [0.15, 0.2) is 42.5 Å². The van der Waals surface area contributed by atoms with E-state index in [1.807, 2.05) is 11.0 Å². The molecule has 0 aliphatic carbocycles. The summed E-state index contributed by atoms with van der Waals surface area (Å²) in [7, 11) is 0. The molecule has 3 atom stereocenters. The highest BCUT2D eigenvalue weighted by atomic mass is 19.1. The van der Waals surface area contributed by atoms with Crippen molar-refractivity contribution >= 4 is 11.7 Å². The molecule has 2 fully saturated rings. The average molecular weight is 425 g/mol. The fourth-order valence-electron chi connectivity index (χ4n) is 5.07. The Labute approximate surface area is 182 Å². The molecule has 1 amide bonds. The van der Waals surface area contributed by atoms with Crippen LogP contribution >= 0.6 is 0 Å². The Morgan fingerprint density at radius 3 is 2.48 bits per heavy atom. The quantitative estimate of drug-likeness (QED) is 0.735. The van der Waals surface area contributed by atoms with Crippen LogP contribution < -0.4 is 5.32 Å². The van der Waals surface area contributed by atoms with Crippen LogP contribution in [0.5, 0.6) is 5.75 Å². The van der Waals surface area contributed by atoms with E-state index in [2.05, 4.69) is 5.32 Å². The van der Waals surface area contributed by atoms with Gasteiger partial charge in [-0.1, -0.05) is 24.3 Å². The second-order valence-corrected chi connectivity index (χ2v) is 8.65. The number of aromatic hydroxyl groups is 1. The van der Waals surface area contributed by atoms with Crippen LogP contribution in [-0.2, 0) is 4.79 Å². The number of carbonyl (C=O) groups is 2. The van der Waals surface area contributed by atoms with Gasteiger partial charge >= 0.3 is 0 Å². The number of nitrogens with zero attached hydrogens (tertiary/aromatic N) is 1. The molecule has 2 saturated heterocycles. The Bertz CT molecular complexity index is 971. The fourth-order valence-corrected chi connectivity index (χ4v) is 5.07. The number of amides is 1. The lowest BCUT2D eigenvalue weighted by Crippen LogP contribution is -2.52. The van der Waals surface area contributed by atoms with Crippen LogP contribution in [0, 0.1) is 24.6 Å². The summed E-state index contributed by atoms with van der Waals surface area (Å²) >= 11 is 0. The lowest BCUT2D eigenvalue weighted by molar-refractivity contribution is -0.138. The van der Waals surface area contributed by atoms with Crippen molar-refractivity contribution in [3.05, 3.63) is 65.0 Å². The van der Waals surface area contributed by atoms with Gasteiger partial charge in [0.15, 0.2) is 5.78 Å². The summed E-state index contributed by atoms with van der Waals surface area (Å²) in [5.41, 5.74) is 1.60. The van der Waals surface area contributed by atoms with E-state index in [4.69, 9.17) is 0 Å². The molecule has 6 heteroatoms. The lowest BCUT2D eigenvalue weighted by atomic mass is 9.70. The number of hydrogen-bond acceptors (Lipinski definition) is 4. The van der Waals surface area contributed by atoms with Gasteiger partial charge in [-0.2, -0.15) is 0 Å². The molecular formula is C25H29FN2O3. The van der Waals surface area contributed by atoms with Gasteiger partial charge in [0.2, 0.25) is 5.91 Å². The van der Waals surface area contributed by atoms with Crippen molar-refractivity contribution in [1.82, 2.24) is 10.2 Å². The van der Waals surface area contributed by atoms with E-state index in [1.54, 1.807) is 25.1 Å². The van der Waals surface area contributed by atoms with Crippen LogP contribution in [0.2, 0.25) is 0 Å². The number of nitrogens with one attached hydrogen (secondary N) is 1. The number of halogens is 1. The van der Waals surface area contributed by atoms with Crippen LogP contribution in [0.3, 0.4) is 0 Å². The maximum Gasteiger partial charge on any atom is 0.227 e. The minimum Gasteiger partial charge on any atom is -0.508 e. The van der Waals surface area contributed by atoms with Crippen LogP contribution in [0.25, 0.3) is 0 Å². The number of likely N-dealkylation sites (tertiary alicyclic amines) is 1. The number of piperidine rings is 2. The van der Waals surface area contributed by atoms with Crippen molar-refractivity contribution in [1.29, 1.82) is 0 Å². The van der Waals surface area contributed by atoms with Crippen molar-refractivity contribution in [2.75, 3.05) is 26.2 Å². The third kappa shape index (κ3) is 4.35. The first-order valence-corrected chi connectivity index (χ1v) is 11.0. The summed E-state index contributed by atoms with van der Waals surface area (Å²) in [4.78, 5) is 28.9. The highest BCUT2D eigenvalue weighted by Crippen LogP contribution is 2.40. The maximum absolute atomic E-state index is 14.5. The van der Waals surface area contributed by atoms with Gasteiger partial charge in [0.05, 0.1) is 5.92 Å². The molecule has 4 rings (SSSR count). The number of carbonyl (C=O) groups excluding carboxylic acids is 2. The van der Waals surface area contributed by atoms with Gasteiger partial charge < -0.3 is 15.3 Å². The normalized spacial score (nSPS) is 24.1. The molecule has 0 saturated carbocycles. The zero-order chi connectivity index (χ0) is 22.0. The summed E-state index contributed by atoms with van der Waals surface area (Å²) < 4.78 is 14.5. The van der Waals surface area contributed by atoms with Gasteiger partial charge in [-0.15, -0.1) is 0 Å². The molecule has 0 bridgehead atoms. The molecule has 0 aromatic heterocycles. The monoisotopic (exact) mass is 424 g/mol. The van der Waals surface area contributed by atoms with Gasteiger partial charge in [0, 0.05) is 43.6 Å². The molecule has 31 heavy (non-hydrogen) atoms. The summed E-state index contributed by atoms with van der Waals surface area (Å²) in [6.07, 6.45) is 3.10. The third-order valence-electron chi connectivity index (χ3n) is 6.72. The smallest absolute Gasteiger partial charge is 0.227 e. The summed E-state index contributed by atoms with van der Waals surface area (Å²) in [6.45, 7) is 4.04. The fraction of sp³-hybridized carbons (Fsp3) is 0.440. The van der Waals surface area contributed by atoms with Gasteiger partial charge in [-0.3, -0.25) is 9.59 Å². The van der Waals surface area contributed by atoms with Crippen molar-refractivity contribution in [2.45, 2.75) is 32.1 Å². The van der Waals surface area contributed by atoms with E-state index in [-0.39, 0.29) is 23.3 Å². The zero-order valence-corrected chi connectivity index (χ0v) is 17.8. The molecule has 2 heterocycles. The second-order valence-electron chi connectivity index (χ2n) is 8.65. The first-order valence-electron chi connectivity index (χ1n) is 11.0. The number of hydrogen-bond donors (Lipinski definition) is 2. The predicted molar refractivity (Wildman–Crippen MR) is 117 cm³/mol. The molecule has 164 valence electrons. The minimum absolute atomic E-state index is 0.0223. The molecule has 0 unspecified atom stereocenters. The SMILES string of the molecule is Cc1c(F)cccc1[C@H]1[C@@H](C(=O)c2cccc(O)c2)CNC[C@@H]1C(=O)N1CCCCC1. The van der Waals surface area contributed by atoms with Crippen molar-refractivity contribution in [3.8, 4) is 5.75 Å². The van der Waals surface area contributed by atoms with Crippen molar-refractivity contribution < 1.29 is 19.1 Å². The van der Waals surface area contributed by atoms with Crippen LogP contribution in [-0.4, -0.2) is 47.9 Å².